The molecule has 6 heteroatoms. The minimum Gasteiger partial charge on any atom is -0.278 e. The van der Waals surface area contributed by atoms with E-state index in [1.54, 1.807) is 16.2 Å². The Morgan fingerprint density at radius 2 is 1.86 bits per heavy atom. The molecule has 29 heavy (non-hydrogen) atoms. The maximum absolute atomic E-state index is 13.5. The Labute approximate surface area is 174 Å². The normalized spacial score (nSPS) is 11.2. The molecule has 0 aliphatic rings. The molecule has 0 N–H and O–H groups in total. The van der Waals surface area contributed by atoms with Crippen LogP contribution in [0.25, 0.3) is 10.2 Å². The summed E-state index contributed by atoms with van der Waals surface area (Å²) in [6.07, 6.45) is 0. The number of aromatic nitrogens is 3. The lowest BCUT2D eigenvalue weighted by Gasteiger charge is -2.19. The number of carbonyl (C=O) groups excluding carboxylic acids is 1. The lowest BCUT2D eigenvalue weighted by molar-refractivity contribution is 0.0979. The molecule has 0 aliphatic heterocycles. The summed E-state index contributed by atoms with van der Waals surface area (Å²) in [5, 5.41) is 5.20. The molecule has 4 rings (SSSR count). The Hall–Kier alpha value is -2.99. The summed E-state index contributed by atoms with van der Waals surface area (Å²) in [5.41, 5.74) is 5.77. The number of benzene rings is 2. The Morgan fingerprint density at radius 3 is 2.55 bits per heavy atom. The summed E-state index contributed by atoms with van der Waals surface area (Å²) in [6.45, 7) is 9.34. The number of nitrogens with zero attached hydrogens (tertiary/aromatic N) is 4. The second-order valence-corrected chi connectivity index (χ2v) is 8.27. The molecule has 148 valence electrons. The molecule has 0 bridgehead atoms. The molecule has 0 saturated heterocycles. The van der Waals surface area contributed by atoms with Crippen LogP contribution in [-0.2, 0) is 13.1 Å². The minimum absolute atomic E-state index is 0.127. The van der Waals surface area contributed by atoms with Gasteiger partial charge in [-0.1, -0.05) is 47.7 Å². The maximum atomic E-state index is 13.5. The third-order valence-electron chi connectivity index (χ3n) is 4.97. The third-order valence-corrected chi connectivity index (χ3v) is 6.20. The van der Waals surface area contributed by atoms with Gasteiger partial charge in [0.2, 0.25) is 0 Å². The molecule has 0 saturated carbocycles. The van der Waals surface area contributed by atoms with Crippen LogP contribution in [0.15, 0.2) is 48.5 Å². The molecule has 0 atom stereocenters. The van der Waals surface area contributed by atoms with E-state index >= 15 is 0 Å². The summed E-state index contributed by atoms with van der Waals surface area (Å²) in [7, 11) is 0. The van der Waals surface area contributed by atoms with E-state index < -0.39 is 0 Å². The standard InChI is InChI=1S/C23H24N4OS/c1-5-27-17(4)13-20(25-27)22(28)26(14-18-9-7-6-8-10-18)23-24-19-12-15(2)11-16(3)21(19)29-23/h6-13H,5,14H2,1-4H3. The predicted molar refractivity (Wildman–Crippen MR) is 119 cm³/mol. The van der Waals surface area contributed by atoms with Crippen molar-refractivity contribution >= 4 is 32.6 Å². The highest BCUT2D eigenvalue weighted by atomic mass is 32.1. The van der Waals surface area contributed by atoms with Gasteiger partial charge in [-0.15, -0.1) is 0 Å². The van der Waals surface area contributed by atoms with Gasteiger partial charge in [0.05, 0.1) is 16.8 Å². The summed E-state index contributed by atoms with van der Waals surface area (Å²) in [6, 6.07) is 16.1. The van der Waals surface area contributed by atoms with Crippen LogP contribution in [0.1, 0.15) is 39.8 Å². The number of thiazole rings is 1. The number of anilines is 1. The molecule has 2 aromatic carbocycles. The smallest absolute Gasteiger partial charge is 0.278 e. The average molecular weight is 405 g/mol. The summed E-state index contributed by atoms with van der Waals surface area (Å²) in [4.78, 5) is 20.0. The van der Waals surface area contributed by atoms with E-state index in [4.69, 9.17) is 4.98 Å². The molecule has 0 fully saturated rings. The predicted octanol–water partition coefficient (Wildman–Crippen LogP) is 5.28. The highest BCUT2D eigenvalue weighted by Crippen LogP contribution is 2.33. The van der Waals surface area contributed by atoms with E-state index in [1.165, 1.54) is 11.1 Å². The largest absolute Gasteiger partial charge is 0.280 e. The summed E-state index contributed by atoms with van der Waals surface area (Å²) < 4.78 is 2.96. The van der Waals surface area contributed by atoms with Crippen molar-refractivity contribution in [1.29, 1.82) is 0 Å². The van der Waals surface area contributed by atoms with Crippen molar-refractivity contribution < 1.29 is 4.79 Å². The van der Waals surface area contributed by atoms with Crippen LogP contribution in [0, 0.1) is 20.8 Å². The fourth-order valence-corrected chi connectivity index (χ4v) is 4.56. The monoisotopic (exact) mass is 404 g/mol. The zero-order chi connectivity index (χ0) is 20.5. The van der Waals surface area contributed by atoms with Crippen molar-refractivity contribution in [3.63, 3.8) is 0 Å². The van der Waals surface area contributed by atoms with Gasteiger partial charge in [-0.2, -0.15) is 5.10 Å². The van der Waals surface area contributed by atoms with Crippen LogP contribution in [0.5, 0.6) is 0 Å². The number of amides is 1. The van der Waals surface area contributed by atoms with Crippen molar-refractivity contribution in [1.82, 2.24) is 14.8 Å². The van der Waals surface area contributed by atoms with Crippen molar-refractivity contribution in [2.24, 2.45) is 0 Å². The summed E-state index contributed by atoms with van der Waals surface area (Å²) >= 11 is 1.56. The van der Waals surface area contributed by atoms with Gasteiger partial charge in [-0.05, 0) is 56.5 Å². The van der Waals surface area contributed by atoms with Crippen LogP contribution >= 0.6 is 11.3 Å². The topological polar surface area (TPSA) is 51.0 Å². The fourth-order valence-electron chi connectivity index (χ4n) is 3.55. The quantitative estimate of drug-likeness (QED) is 0.454. The third kappa shape index (κ3) is 3.80. The zero-order valence-corrected chi connectivity index (χ0v) is 18.0. The fraction of sp³-hybridized carbons (Fsp3) is 0.261. The Morgan fingerprint density at radius 1 is 1.10 bits per heavy atom. The highest BCUT2D eigenvalue weighted by Gasteiger charge is 2.24. The van der Waals surface area contributed by atoms with E-state index in [0.717, 1.165) is 28.0 Å². The second kappa shape index (κ2) is 7.79. The van der Waals surface area contributed by atoms with Gasteiger partial charge in [0.25, 0.3) is 5.91 Å². The molecular weight excluding hydrogens is 380 g/mol. The van der Waals surface area contributed by atoms with Gasteiger partial charge in [0.15, 0.2) is 10.8 Å². The first-order valence-corrected chi connectivity index (χ1v) is 10.6. The lowest BCUT2D eigenvalue weighted by Crippen LogP contribution is -2.30. The molecule has 0 radical (unpaired) electrons. The lowest BCUT2D eigenvalue weighted by atomic mass is 10.1. The first kappa shape index (κ1) is 19.3. The van der Waals surface area contributed by atoms with E-state index in [2.05, 4.69) is 31.1 Å². The number of rotatable bonds is 5. The van der Waals surface area contributed by atoms with Crippen LogP contribution in [0.2, 0.25) is 0 Å². The molecule has 0 aliphatic carbocycles. The van der Waals surface area contributed by atoms with Crippen LogP contribution in [0.4, 0.5) is 5.13 Å². The molecule has 4 aromatic rings. The number of aryl methyl sites for hydroxylation is 4. The molecule has 0 unspecified atom stereocenters. The molecule has 1 amide bonds. The first-order chi connectivity index (χ1) is 14.0. The highest BCUT2D eigenvalue weighted by molar-refractivity contribution is 7.22. The van der Waals surface area contributed by atoms with Gasteiger partial charge in [-0.3, -0.25) is 14.4 Å². The van der Waals surface area contributed by atoms with Crippen molar-refractivity contribution in [2.45, 2.75) is 40.8 Å². The molecule has 5 nitrogen and oxygen atoms in total. The number of carbonyl (C=O) groups is 1. The number of fused-ring (bicyclic) bond motifs is 1. The van der Waals surface area contributed by atoms with Gasteiger partial charge >= 0.3 is 0 Å². The van der Waals surface area contributed by atoms with Gasteiger partial charge < -0.3 is 0 Å². The average Bonchev–Trinajstić information content (AvgIpc) is 3.29. The van der Waals surface area contributed by atoms with Crippen molar-refractivity contribution in [3.05, 3.63) is 76.6 Å². The Bertz CT molecular complexity index is 1180. The van der Waals surface area contributed by atoms with Crippen LogP contribution < -0.4 is 4.90 Å². The zero-order valence-electron chi connectivity index (χ0n) is 17.1. The summed E-state index contributed by atoms with van der Waals surface area (Å²) in [5.74, 6) is -0.127. The van der Waals surface area contributed by atoms with Gasteiger partial charge in [0, 0.05) is 12.2 Å². The first-order valence-electron chi connectivity index (χ1n) is 9.74. The molecular formula is C23H24N4OS. The Kier molecular flexibility index (Phi) is 5.20. The number of hydrogen-bond donors (Lipinski definition) is 0. The second-order valence-electron chi connectivity index (χ2n) is 7.29. The van der Waals surface area contributed by atoms with Crippen LogP contribution in [0.3, 0.4) is 0 Å². The molecule has 0 spiro atoms. The molecule has 2 heterocycles. The van der Waals surface area contributed by atoms with E-state index in [0.29, 0.717) is 17.4 Å². The van der Waals surface area contributed by atoms with Crippen LogP contribution in [-0.4, -0.2) is 20.7 Å². The van der Waals surface area contributed by atoms with Crippen molar-refractivity contribution in [2.75, 3.05) is 4.90 Å². The maximum Gasteiger partial charge on any atom is 0.280 e. The minimum atomic E-state index is -0.127. The van der Waals surface area contributed by atoms with Gasteiger partial charge in [-0.25, -0.2) is 4.98 Å². The van der Waals surface area contributed by atoms with E-state index in [9.17, 15) is 4.79 Å². The van der Waals surface area contributed by atoms with E-state index in [-0.39, 0.29) is 5.91 Å². The van der Waals surface area contributed by atoms with Crippen molar-refractivity contribution in [3.8, 4) is 0 Å². The van der Waals surface area contributed by atoms with Gasteiger partial charge in [0.1, 0.15) is 0 Å². The molecule has 2 aromatic heterocycles. The Balaban J connectivity index is 1.79. The SMILES string of the molecule is CCn1nc(C(=O)N(Cc2ccccc2)c2nc3cc(C)cc(C)c3s2)cc1C. The number of hydrogen-bond acceptors (Lipinski definition) is 4. The van der Waals surface area contributed by atoms with E-state index in [1.807, 2.05) is 54.9 Å².